The first-order valence-electron chi connectivity index (χ1n) is 5.08. The second-order valence-electron chi connectivity index (χ2n) is 3.70. The summed E-state index contributed by atoms with van der Waals surface area (Å²) >= 11 is 7.49. The summed E-state index contributed by atoms with van der Waals surface area (Å²) in [6.45, 7) is 1.98. The molecule has 0 aliphatic rings. The normalized spacial score (nSPS) is 12.7. The van der Waals surface area contributed by atoms with Gasteiger partial charge in [0.25, 0.3) is 0 Å². The van der Waals surface area contributed by atoms with Crippen molar-refractivity contribution in [1.82, 2.24) is 5.43 Å². The predicted octanol–water partition coefficient (Wildman–Crippen LogP) is 3.40. The monoisotopic (exact) mass is 270 g/mol. The maximum absolute atomic E-state index is 13.8. The average molecular weight is 271 g/mol. The molecule has 2 nitrogen and oxygen atoms in total. The van der Waals surface area contributed by atoms with Crippen molar-refractivity contribution in [3.63, 3.8) is 0 Å². The van der Waals surface area contributed by atoms with E-state index in [4.69, 9.17) is 17.4 Å². The number of rotatable bonds is 3. The van der Waals surface area contributed by atoms with Crippen LogP contribution in [0, 0.1) is 12.7 Å². The van der Waals surface area contributed by atoms with Gasteiger partial charge in [-0.1, -0.05) is 11.6 Å². The number of hydrazine groups is 1. The van der Waals surface area contributed by atoms with Crippen LogP contribution in [0.25, 0.3) is 0 Å². The molecular formula is C12H12ClFN2S. The maximum atomic E-state index is 13.8. The molecule has 0 amide bonds. The van der Waals surface area contributed by atoms with Gasteiger partial charge in [0.1, 0.15) is 5.82 Å². The summed E-state index contributed by atoms with van der Waals surface area (Å²) in [6.07, 6.45) is 0. The zero-order valence-electron chi connectivity index (χ0n) is 9.21. The van der Waals surface area contributed by atoms with E-state index in [1.807, 2.05) is 18.4 Å². The van der Waals surface area contributed by atoms with Gasteiger partial charge in [0, 0.05) is 15.5 Å². The molecule has 0 aliphatic carbocycles. The van der Waals surface area contributed by atoms with E-state index in [-0.39, 0.29) is 11.9 Å². The van der Waals surface area contributed by atoms with Gasteiger partial charge in [0.2, 0.25) is 0 Å². The average Bonchev–Trinajstić information content (AvgIpc) is 2.71. The van der Waals surface area contributed by atoms with Gasteiger partial charge >= 0.3 is 0 Å². The number of nitrogens with two attached hydrogens (primary N) is 1. The third-order valence-corrected chi connectivity index (χ3v) is 3.74. The van der Waals surface area contributed by atoms with E-state index in [9.17, 15) is 4.39 Å². The van der Waals surface area contributed by atoms with Crippen LogP contribution in [-0.2, 0) is 0 Å². The lowest BCUT2D eigenvalue weighted by Gasteiger charge is -2.17. The van der Waals surface area contributed by atoms with Crippen molar-refractivity contribution in [2.24, 2.45) is 5.84 Å². The van der Waals surface area contributed by atoms with E-state index >= 15 is 0 Å². The van der Waals surface area contributed by atoms with Gasteiger partial charge in [-0.25, -0.2) is 9.82 Å². The van der Waals surface area contributed by atoms with Crippen LogP contribution in [-0.4, -0.2) is 0 Å². The van der Waals surface area contributed by atoms with Crippen molar-refractivity contribution < 1.29 is 4.39 Å². The second kappa shape index (κ2) is 5.14. The summed E-state index contributed by atoms with van der Waals surface area (Å²) < 4.78 is 13.8. The molecule has 0 saturated heterocycles. The first-order chi connectivity index (χ1) is 8.13. The van der Waals surface area contributed by atoms with Crippen molar-refractivity contribution in [1.29, 1.82) is 0 Å². The molecule has 1 atom stereocenters. The lowest BCUT2D eigenvalue weighted by molar-refractivity contribution is 0.560. The fourth-order valence-electron chi connectivity index (χ4n) is 1.78. The van der Waals surface area contributed by atoms with Gasteiger partial charge in [-0.05, 0) is 42.1 Å². The minimum atomic E-state index is -0.375. The second-order valence-corrected chi connectivity index (χ2v) is 5.25. The molecule has 2 aromatic rings. The minimum Gasteiger partial charge on any atom is -0.271 e. The summed E-state index contributed by atoms with van der Waals surface area (Å²) in [6, 6.07) is 6.03. The summed E-state index contributed by atoms with van der Waals surface area (Å²) in [5.41, 5.74) is 4.07. The lowest BCUT2D eigenvalue weighted by atomic mass is 9.99. The molecule has 1 unspecified atom stereocenters. The quantitative estimate of drug-likeness (QED) is 0.663. The largest absolute Gasteiger partial charge is 0.271 e. The Kier molecular flexibility index (Phi) is 3.79. The number of thiophene rings is 1. The summed E-state index contributed by atoms with van der Waals surface area (Å²) in [5, 5.41) is 2.45. The highest BCUT2D eigenvalue weighted by molar-refractivity contribution is 7.10. The smallest absolute Gasteiger partial charge is 0.128 e. The van der Waals surface area contributed by atoms with Crippen molar-refractivity contribution in [2.75, 3.05) is 0 Å². The van der Waals surface area contributed by atoms with Crippen LogP contribution in [0.4, 0.5) is 4.39 Å². The molecule has 0 spiro atoms. The Morgan fingerprint density at radius 3 is 2.71 bits per heavy atom. The van der Waals surface area contributed by atoms with Crippen LogP contribution in [0.3, 0.4) is 0 Å². The fraction of sp³-hybridized carbons (Fsp3) is 0.167. The van der Waals surface area contributed by atoms with Crippen molar-refractivity contribution in [3.8, 4) is 0 Å². The van der Waals surface area contributed by atoms with Crippen LogP contribution in [0.5, 0.6) is 0 Å². The Balaban J connectivity index is 2.49. The zero-order chi connectivity index (χ0) is 12.4. The van der Waals surface area contributed by atoms with E-state index in [0.717, 1.165) is 10.4 Å². The van der Waals surface area contributed by atoms with E-state index < -0.39 is 0 Å². The van der Waals surface area contributed by atoms with Crippen LogP contribution in [0.2, 0.25) is 5.02 Å². The number of hydrogen-bond donors (Lipinski definition) is 2. The van der Waals surface area contributed by atoms with Crippen LogP contribution < -0.4 is 11.3 Å². The Labute approximate surface area is 108 Å². The Morgan fingerprint density at radius 1 is 1.35 bits per heavy atom. The lowest BCUT2D eigenvalue weighted by Crippen LogP contribution is -2.29. The van der Waals surface area contributed by atoms with Crippen LogP contribution >= 0.6 is 22.9 Å². The molecule has 90 valence electrons. The highest BCUT2D eigenvalue weighted by atomic mass is 35.5. The van der Waals surface area contributed by atoms with E-state index in [0.29, 0.717) is 10.6 Å². The highest BCUT2D eigenvalue weighted by Gasteiger charge is 2.19. The van der Waals surface area contributed by atoms with Gasteiger partial charge in [-0.15, -0.1) is 11.3 Å². The van der Waals surface area contributed by atoms with Crippen LogP contribution in [0.15, 0.2) is 29.6 Å². The Morgan fingerprint density at radius 2 is 2.12 bits per heavy atom. The molecule has 1 aromatic heterocycles. The van der Waals surface area contributed by atoms with Gasteiger partial charge in [0.15, 0.2) is 0 Å². The first kappa shape index (κ1) is 12.5. The van der Waals surface area contributed by atoms with E-state index in [2.05, 4.69) is 5.43 Å². The number of benzene rings is 1. The molecule has 0 saturated carbocycles. The molecular weight excluding hydrogens is 259 g/mol. The minimum absolute atomic E-state index is 0.317. The van der Waals surface area contributed by atoms with E-state index in [1.54, 1.807) is 17.4 Å². The van der Waals surface area contributed by atoms with Crippen molar-refractivity contribution in [2.45, 2.75) is 13.0 Å². The van der Waals surface area contributed by atoms with Gasteiger partial charge in [0.05, 0.1) is 6.04 Å². The van der Waals surface area contributed by atoms with Gasteiger partial charge < -0.3 is 0 Å². The van der Waals surface area contributed by atoms with Crippen molar-refractivity contribution >= 4 is 22.9 Å². The third kappa shape index (κ3) is 2.50. The molecule has 1 heterocycles. The molecule has 1 aromatic carbocycles. The SMILES string of the molecule is Cc1sccc1C(NN)c1cc(Cl)ccc1F. The molecule has 3 N–H and O–H groups in total. The first-order valence-corrected chi connectivity index (χ1v) is 6.34. The molecule has 17 heavy (non-hydrogen) atoms. The number of aryl methyl sites for hydroxylation is 1. The summed E-state index contributed by atoms with van der Waals surface area (Å²) in [5.74, 6) is 5.21. The summed E-state index contributed by atoms with van der Waals surface area (Å²) in [7, 11) is 0. The number of nitrogens with one attached hydrogen (secondary N) is 1. The molecule has 5 heteroatoms. The van der Waals surface area contributed by atoms with Crippen LogP contribution in [0.1, 0.15) is 22.0 Å². The van der Waals surface area contributed by atoms with E-state index in [1.165, 1.54) is 12.1 Å². The number of halogens is 2. The third-order valence-electron chi connectivity index (χ3n) is 2.65. The standard InChI is InChI=1S/C12H12ClFN2S/c1-7-9(4-5-17-7)12(16-15)10-6-8(13)2-3-11(10)14/h2-6,12,16H,15H2,1H3. The molecule has 2 rings (SSSR count). The molecule has 0 radical (unpaired) electrons. The number of hydrogen-bond acceptors (Lipinski definition) is 3. The fourth-order valence-corrected chi connectivity index (χ4v) is 2.70. The maximum Gasteiger partial charge on any atom is 0.128 e. The highest BCUT2D eigenvalue weighted by Crippen LogP contribution is 2.30. The topological polar surface area (TPSA) is 38.0 Å². The molecule has 0 aliphatic heterocycles. The molecule has 0 bridgehead atoms. The van der Waals surface area contributed by atoms with Gasteiger partial charge in [-0.2, -0.15) is 0 Å². The predicted molar refractivity (Wildman–Crippen MR) is 69.6 cm³/mol. The summed E-state index contributed by atoms with van der Waals surface area (Å²) in [4.78, 5) is 1.10. The van der Waals surface area contributed by atoms with Crippen molar-refractivity contribution in [3.05, 3.63) is 56.5 Å². The van der Waals surface area contributed by atoms with Gasteiger partial charge in [-0.3, -0.25) is 5.84 Å². The Bertz CT molecular complexity index is 527. The molecule has 0 fully saturated rings. The zero-order valence-corrected chi connectivity index (χ0v) is 10.8. The Hall–Kier alpha value is -0.940.